The van der Waals surface area contributed by atoms with Gasteiger partial charge in [0.1, 0.15) is 0 Å². The molecule has 2 aromatic rings. The number of para-hydroxylation sites is 1. The molecular formula is C15H17N3. The second-order valence-electron chi connectivity index (χ2n) is 3.90. The largest absolute Gasteiger partial charge is 0.370 e. The van der Waals surface area contributed by atoms with E-state index in [0.29, 0.717) is 12.5 Å². The number of anilines is 1. The zero-order valence-electron chi connectivity index (χ0n) is 10.4. The number of nitrogens with two attached hydrogens (primary N) is 1. The predicted octanol–water partition coefficient (Wildman–Crippen LogP) is 3.10. The van der Waals surface area contributed by atoms with Gasteiger partial charge >= 0.3 is 0 Å². The van der Waals surface area contributed by atoms with Crippen molar-refractivity contribution in [2.45, 2.75) is 6.92 Å². The van der Waals surface area contributed by atoms with E-state index < -0.39 is 0 Å². The van der Waals surface area contributed by atoms with E-state index in [1.807, 2.05) is 43.3 Å². The molecule has 0 saturated heterocycles. The van der Waals surface area contributed by atoms with E-state index in [2.05, 4.69) is 28.5 Å². The Balaban J connectivity index is 2.35. The van der Waals surface area contributed by atoms with E-state index in [9.17, 15) is 0 Å². The van der Waals surface area contributed by atoms with Crippen LogP contribution >= 0.6 is 0 Å². The molecule has 92 valence electrons. The number of rotatable bonds is 3. The summed E-state index contributed by atoms with van der Waals surface area (Å²) in [6, 6.07) is 18.3. The van der Waals surface area contributed by atoms with Crippen LogP contribution in [0.3, 0.4) is 0 Å². The van der Waals surface area contributed by atoms with Gasteiger partial charge in [-0.25, -0.2) is 0 Å². The molecule has 3 N–H and O–H groups in total. The average molecular weight is 239 g/mol. The van der Waals surface area contributed by atoms with E-state index in [0.717, 1.165) is 16.8 Å². The number of hydrogen-bond acceptors (Lipinski definition) is 1. The molecule has 0 bridgehead atoms. The van der Waals surface area contributed by atoms with E-state index in [1.54, 1.807) is 0 Å². The Morgan fingerprint density at radius 2 is 1.72 bits per heavy atom. The molecule has 0 saturated carbocycles. The molecule has 3 nitrogen and oxygen atoms in total. The van der Waals surface area contributed by atoms with E-state index in [1.165, 1.54) is 0 Å². The van der Waals surface area contributed by atoms with Crippen LogP contribution in [-0.2, 0) is 0 Å². The first-order chi connectivity index (χ1) is 8.81. The molecule has 0 amide bonds. The number of hydrogen-bond donors (Lipinski definition) is 2. The maximum atomic E-state index is 5.80. The molecule has 0 aliphatic rings. The summed E-state index contributed by atoms with van der Waals surface area (Å²) in [4.78, 5) is 4.14. The predicted molar refractivity (Wildman–Crippen MR) is 77.7 cm³/mol. The third kappa shape index (κ3) is 2.88. The fourth-order valence-corrected chi connectivity index (χ4v) is 1.81. The van der Waals surface area contributed by atoms with Crippen LogP contribution in [0.5, 0.6) is 0 Å². The highest BCUT2D eigenvalue weighted by Crippen LogP contribution is 2.27. The first-order valence-electron chi connectivity index (χ1n) is 6.02. The third-order valence-electron chi connectivity index (χ3n) is 2.60. The Hall–Kier alpha value is -2.29. The minimum atomic E-state index is 0.445. The molecule has 0 fully saturated rings. The zero-order valence-corrected chi connectivity index (χ0v) is 10.4. The third-order valence-corrected chi connectivity index (χ3v) is 2.60. The smallest absolute Gasteiger partial charge is 0.193 e. The summed E-state index contributed by atoms with van der Waals surface area (Å²) in [5.41, 5.74) is 9.05. The van der Waals surface area contributed by atoms with Crippen molar-refractivity contribution in [3.05, 3.63) is 54.6 Å². The van der Waals surface area contributed by atoms with Crippen LogP contribution in [0.25, 0.3) is 11.1 Å². The monoisotopic (exact) mass is 239 g/mol. The molecule has 0 aliphatic heterocycles. The first kappa shape index (κ1) is 12.2. The van der Waals surface area contributed by atoms with Gasteiger partial charge in [0.05, 0.1) is 0 Å². The molecule has 0 aliphatic carbocycles. The summed E-state index contributed by atoms with van der Waals surface area (Å²) in [6.45, 7) is 2.63. The molecule has 3 heteroatoms. The Morgan fingerprint density at radius 3 is 2.44 bits per heavy atom. The number of benzene rings is 2. The maximum absolute atomic E-state index is 5.80. The highest BCUT2D eigenvalue weighted by molar-refractivity contribution is 5.96. The van der Waals surface area contributed by atoms with Crippen LogP contribution in [0.2, 0.25) is 0 Å². The van der Waals surface area contributed by atoms with Crippen LogP contribution < -0.4 is 11.1 Å². The fraction of sp³-hybridized carbons (Fsp3) is 0.133. The van der Waals surface area contributed by atoms with Crippen LogP contribution in [-0.4, -0.2) is 12.5 Å². The SMILES string of the molecule is CCN=C(N)Nc1ccccc1-c1ccccc1. The summed E-state index contributed by atoms with van der Waals surface area (Å²) < 4.78 is 0. The van der Waals surface area contributed by atoms with Gasteiger partial charge in [0.2, 0.25) is 0 Å². The van der Waals surface area contributed by atoms with Crippen LogP contribution in [0.4, 0.5) is 5.69 Å². The molecule has 0 radical (unpaired) electrons. The van der Waals surface area contributed by atoms with Crippen molar-refractivity contribution in [2.75, 3.05) is 11.9 Å². The maximum Gasteiger partial charge on any atom is 0.193 e. The summed E-state index contributed by atoms with van der Waals surface area (Å²) in [7, 11) is 0. The van der Waals surface area contributed by atoms with Gasteiger partial charge in [0, 0.05) is 17.8 Å². The molecule has 2 aromatic carbocycles. The average Bonchev–Trinajstić information content (AvgIpc) is 2.40. The van der Waals surface area contributed by atoms with Gasteiger partial charge in [-0.2, -0.15) is 0 Å². The van der Waals surface area contributed by atoms with Gasteiger partial charge in [-0.1, -0.05) is 48.5 Å². The molecule has 0 aromatic heterocycles. The molecular weight excluding hydrogens is 222 g/mol. The highest BCUT2D eigenvalue weighted by atomic mass is 15.1. The highest BCUT2D eigenvalue weighted by Gasteiger charge is 2.04. The number of nitrogens with zero attached hydrogens (tertiary/aromatic N) is 1. The zero-order chi connectivity index (χ0) is 12.8. The van der Waals surface area contributed by atoms with Gasteiger partial charge in [-0.3, -0.25) is 4.99 Å². The lowest BCUT2D eigenvalue weighted by Gasteiger charge is -2.11. The second-order valence-corrected chi connectivity index (χ2v) is 3.90. The van der Waals surface area contributed by atoms with Crippen molar-refractivity contribution >= 4 is 11.6 Å². The number of aliphatic imine (C=N–C) groups is 1. The van der Waals surface area contributed by atoms with Crippen molar-refractivity contribution < 1.29 is 0 Å². The number of nitrogens with one attached hydrogen (secondary N) is 1. The van der Waals surface area contributed by atoms with Crippen LogP contribution in [0.1, 0.15) is 6.92 Å². The van der Waals surface area contributed by atoms with Gasteiger partial charge < -0.3 is 11.1 Å². The van der Waals surface area contributed by atoms with Gasteiger partial charge in [0.15, 0.2) is 5.96 Å². The van der Waals surface area contributed by atoms with Crippen molar-refractivity contribution in [1.29, 1.82) is 0 Å². The molecule has 2 rings (SSSR count). The quantitative estimate of drug-likeness (QED) is 0.638. The van der Waals surface area contributed by atoms with Crippen LogP contribution in [0, 0.1) is 0 Å². The Kier molecular flexibility index (Phi) is 3.97. The van der Waals surface area contributed by atoms with E-state index in [-0.39, 0.29) is 0 Å². The fourth-order valence-electron chi connectivity index (χ4n) is 1.81. The Bertz CT molecular complexity index is 532. The van der Waals surface area contributed by atoms with Gasteiger partial charge in [0.25, 0.3) is 0 Å². The van der Waals surface area contributed by atoms with Crippen molar-refractivity contribution in [3.8, 4) is 11.1 Å². The topological polar surface area (TPSA) is 50.4 Å². The summed E-state index contributed by atoms with van der Waals surface area (Å²) in [5, 5.41) is 3.14. The molecule has 0 atom stereocenters. The normalized spacial score (nSPS) is 11.3. The molecule has 0 spiro atoms. The molecule has 18 heavy (non-hydrogen) atoms. The van der Waals surface area contributed by atoms with Crippen molar-refractivity contribution in [2.24, 2.45) is 10.7 Å². The van der Waals surface area contributed by atoms with Gasteiger partial charge in [-0.05, 0) is 18.6 Å². The Morgan fingerprint density at radius 1 is 1.06 bits per heavy atom. The second kappa shape index (κ2) is 5.87. The van der Waals surface area contributed by atoms with Crippen LogP contribution in [0.15, 0.2) is 59.6 Å². The summed E-state index contributed by atoms with van der Waals surface area (Å²) in [6.07, 6.45) is 0. The summed E-state index contributed by atoms with van der Waals surface area (Å²) in [5.74, 6) is 0.445. The Labute approximate surface area is 107 Å². The minimum Gasteiger partial charge on any atom is -0.370 e. The number of guanidine groups is 1. The van der Waals surface area contributed by atoms with E-state index in [4.69, 9.17) is 5.73 Å². The van der Waals surface area contributed by atoms with Gasteiger partial charge in [-0.15, -0.1) is 0 Å². The molecule has 0 unspecified atom stereocenters. The lowest BCUT2D eigenvalue weighted by Crippen LogP contribution is -2.23. The minimum absolute atomic E-state index is 0.445. The first-order valence-corrected chi connectivity index (χ1v) is 6.02. The molecule has 0 heterocycles. The standard InChI is InChI=1S/C15H17N3/c1-2-17-15(16)18-14-11-7-6-10-13(14)12-8-4-3-5-9-12/h3-11H,2H2,1H3,(H3,16,17,18). The summed E-state index contributed by atoms with van der Waals surface area (Å²) >= 11 is 0. The van der Waals surface area contributed by atoms with Crippen molar-refractivity contribution in [3.63, 3.8) is 0 Å². The lowest BCUT2D eigenvalue weighted by atomic mass is 10.0. The van der Waals surface area contributed by atoms with E-state index >= 15 is 0 Å². The van der Waals surface area contributed by atoms with Crippen molar-refractivity contribution in [1.82, 2.24) is 0 Å². The lowest BCUT2D eigenvalue weighted by molar-refractivity contribution is 1.12.